The Morgan fingerprint density at radius 1 is 0.941 bits per heavy atom. The lowest BCUT2D eigenvalue weighted by atomic mass is 10.1. The quantitative estimate of drug-likeness (QED) is 0.324. The number of anilines is 1. The van der Waals surface area contributed by atoms with Crippen LogP contribution in [0.2, 0.25) is 5.02 Å². The zero-order chi connectivity index (χ0) is 24.5. The van der Waals surface area contributed by atoms with E-state index in [4.69, 9.17) is 15.8 Å². The first-order valence-electron chi connectivity index (χ1n) is 9.92. The second-order valence-corrected chi connectivity index (χ2v) is 9.34. The lowest BCUT2D eigenvalue weighted by Crippen LogP contribution is -2.54. The van der Waals surface area contributed by atoms with Crippen molar-refractivity contribution in [2.45, 2.75) is 11.8 Å². The number of benzene rings is 3. The number of barbiturate groups is 1. The molecule has 3 aromatic carbocycles. The summed E-state index contributed by atoms with van der Waals surface area (Å²) < 4.78 is 30.1. The van der Waals surface area contributed by atoms with E-state index in [1.807, 2.05) is 6.92 Å². The Bertz CT molecular complexity index is 1430. The number of nitrogens with one attached hydrogen (secondary N) is 1. The van der Waals surface area contributed by atoms with Gasteiger partial charge in [-0.1, -0.05) is 47.5 Å². The molecule has 1 N–H and O–H groups in total. The summed E-state index contributed by atoms with van der Waals surface area (Å²) in [5, 5.41) is 2.44. The van der Waals surface area contributed by atoms with Gasteiger partial charge in [-0.25, -0.2) is 9.69 Å². The molecule has 1 saturated heterocycles. The minimum atomic E-state index is -4.02. The highest BCUT2D eigenvalue weighted by molar-refractivity contribution is 7.87. The number of imide groups is 2. The summed E-state index contributed by atoms with van der Waals surface area (Å²) in [5.41, 5.74) is 1.26. The predicted octanol–water partition coefficient (Wildman–Crippen LogP) is 4.08. The number of carbonyl (C=O) groups is 3. The number of hydrogen-bond donors (Lipinski definition) is 1. The second-order valence-electron chi connectivity index (χ2n) is 7.36. The van der Waals surface area contributed by atoms with Gasteiger partial charge >= 0.3 is 16.1 Å². The second kappa shape index (κ2) is 9.12. The van der Waals surface area contributed by atoms with Crippen LogP contribution in [-0.4, -0.2) is 26.3 Å². The fraction of sp³-hybridized carbons (Fsp3) is 0.0417. The molecule has 1 aliphatic heterocycles. The van der Waals surface area contributed by atoms with Gasteiger partial charge in [-0.05, 0) is 61.0 Å². The normalized spacial score (nSPS) is 15.4. The van der Waals surface area contributed by atoms with Crippen molar-refractivity contribution in [1.82, 2.24) is 5.32 Å². The highest BCUT2D eigenvalue weighted by atomic mass is 35.5. The fourth-order valence-electron chi connectivity index (χ4n) is 3.17. The topological polar surface area (TPSA) is 110 Å². The molecule has 0 aliphatic carbocycles. The van der Waals surface area contributed by atoms with Crippen molar-refractivity contribution in [2.75, 3.05) is 4.90 Å². The molecule has 0 spiro atoms. The molecule has 3 aromatic rings. The molecule has 8 nitrogen and oxygen atoms in total. The van der Waals surface area contributed by atoms with Crippen LogP contribution < -0.4 is 14.4 Å². The molecule has 1 aliphatic rings. The Kier molecular flexibility index (Phi) is 6.23. The van der Waals surface area contributed by atoms with Gasteiger partial charge in [0.05, 0.1) is 5.69 Å². The third-order valence-electron chi connectivity index (χ3n) is 4.87. The molecule has 1 fully saturated rings. The van der Waals surface area contributed by atoms with Gasteiger partial charge in [-0.3, -0.25) is 14.9 Å². The van der Waals surface area contributed by atoms with Gasteiger partial charge in [0.25, 0.3) is 11.8 Å². The fourth-order valence-corrected chi connectivity index (χ4v) is 4.29. The minimum Gasteiger partial charge on any atom is -0.379 e. The van der Waals surface area contributed by atoms with Crippen LogP contribution in [0, 0.1) is 6.92 Å². The van der Waals surface area contributed by atoms with Crippen LogP contribution in [0.5, 0.6) is 5.75 Å². The Labute approximate surface area is 200 Å². The van der Waals surface area contributed by atoms with E-state index in [1.165, 1.54) is 54.6 Å². The molecule has 172 valence electrons. The summed E-state index contributed by atoms with van der Waals surface area (Å²) in [6.07, 6.45) is 1.29. The summed E-state index contributed by atoms with van der Waals surface area (Å²) in [5.74, 6) is -1.62. The minimum absolute atomic E-state index is 0.0135. The van der Waals surface area contributed by atoms with Crippen LogP contribution in [-0.2, 0) is 19.7 Å². The highest BCUT2D eigenvalue weighted by Gasteiger charge is 2.36. The number of amides is 4. The number of carbonyl (C=O) groups excluding carboxylic acids is 3. The average Bonchev–Trinajstić information content (AvgIpc) is 2.78. The summed E-state index contributed by atoms with van der Waals surface area (Å²) >= 11 is 5.96. The molecule has 0 saturated carbocycles. The largest absolute Gasteiger partial charge is 0.379 e. The molecule has 4 amide bonds. The number of urea groups is 1. The molecule has 10 heteroatoms. The molecule has 0 aromatic heterocycles. The maximum Gasteiger partial charge on any atom is 0.339 e. The van der Waals surface area contributed by atoms with Crippen molar-refractivity contribution in [3.63, 3.8) is 0 Å². The molecule has 0 bridgehead atoms. The van der Waals surface area contributed by atoms with Crippen molar-refractivity contribution in [3.8, 4) is 5.75 Å². The maximum atomic E-state index is 12.9. The maximum absolute atomic E-state index is 12.9. The molecule has 34 heavy (non-hydrogen) atoms. The smallest absolute Gasteiger partial charge is 0.339 e. The number of aryl methyl sites for hydroxylation is 1. The van der Waals surface area contributed by atoms with Gasteiger partial charge < -0.3 is 4.18 Å². The van der Waals surface area contributed by atoms with Gasteiger partial charge in [0.2, 0.25) is 0 Å². The lowest BCUT2D eigenvalue weighted by Gasteiger charge is -2.26. The standard InChI is InChI=1S/C24H17ClN2O6S/c1-15-5-11-20(12-6-15)34(31,32)33-19-9-7-16(8-10-19)13-21-22(28)26-24(30)27(23(21)29)18-4-2-3-17(25)14-18/h2-14H,1H3,(H,26,28,30)/b21-13+. The van der Waals surface area contributed by atoms with Gasteiger partial charge in [0.1, 0.15) is 16.2 Å². The zero-order valence-corrected chi connectivity index (χ0v) is 19.3. The van der Waals surface area contributed by atoms with Crippen LogP contribution in [0.4, 0.5) is 10.5 Å². The van der Waals surface area contributed by atoms with E-state index < -0.39 is 28.0 Å². The Morgan fingerprint density at radius 2 is 1.62 bits per heavy atom. The number of nitrogens with zero attached hydrogens (tertiary/aromatic N) is 1. The molecule has 4 rings (SSSR count). The van der Waals surface area contributed by atoms with Gasteiger partial charge in [0.15, 0.2) is 0 Å². The Hall–Kier alpha value is -3.95. The molecule has 1 heterocycles. The molecule has 0 atom stereocenters. The first-order valence-corrected chi connectivity index (χ1v) is 11.7. The van der Waals surface area contributed by atoms with E-state index in [-0.39, 0.29) is 21.9 Å². The van der Waals surface area contributed by atoms with E-state index in [0.29, 0.717) is 10.6 Å². The van der Waals surface area contributed by atoms with E-state index in [1.54, 1.807) is 24.3 Å². The van der Waals surface area contributed by atoms with Crippen molar-refractivity contribution in [2.24, 2.45) is 0 Å². The lowest BCUT2D eigenvalue weighted by molar-refractivity contribution is -0.122. The van der Waals surface area contributed by atoms with E-state index >= 15 is 0 Å². The molecule has 0 radical (unpaired) electrons. The molecular formula is C24H17ClN2O6S. The van der Waals surface area contributed by atoms with Gasteiger partial charge in [-0.2, -0.15) is 8.42 Å². The predicted molar refractivity (Wildman–Crippen MR) is 126 cm³/mol. The van der Waals surface area contributed by atoms with Crippen LogP contribution in [0.25, 0.3) is 6.08 Å². The number of halogens is 1. The monoisotopic (exact) mass is 496 g/mol. The SMILES string of the molecule is Cc1ccc(S(=O)(=O)Oc2ccc(/C=C3\C(=O)NC(=O)N(c4cccc(Cl)c4)C3=O)cc2)cc1. The summed E-state index contributed by atoms with van der Waals surface area (Å²) in [6.45, 7) is 1.84. The first kappa shape index (κ1) is 23.2. The summed E-state index contributed by atoms with van der Waals surface area (Å²) in [4.78, 5) is 38.3. The Balaban J connectivity index is 1.57. The number of rotatable bonds is 5. The summed E-state index contributed by atoms with van der Waals surface area (Å²) in [6, 6.07) is 17.2. The Morgan fingerprint density at radius 3 is 2.26 bits per heavy atom. The first-order chi connectivity index (χ1) is 16.1. The third kappa shape index (κ3) is 4.85. The molecular weight excluding hydrogens is 480 g/mol. The molecule has 0 unspecified atom stereocenters. The van der Waals surface area contributed by atoms with Crippen molar-refractivity contribution in [3.05, 3.63) is 94.5 Å². The zero-order valence-electron chi connectivity index (χ0n) is 17.7. The van der Waals surface area contributed by atoms with Gasteiger partial charge in [0, 0.05) is 5.02 Å². The van der Waals surface area contributed by atoms with E-state index in [2.05, 4.69) is 5.32 Å². The van der Waals surface area contributed by atoms with Crippen LogP contribution in [0.15, 0.2) is 83.3 Å². The third-order valence-corrected chi connectivity index (χ3v) is 6.37. The summed E-state index contributed by atoms with van der Waals surface area (Å²) in [7, 11) is -4.02. The number of hydrogen-bond acceptors (Lipinski definition) is 6. The highest BCUT2D eigenvalue weighted by Crippen LogP contribution is 2.25. The van der Waals surface area contributed by atoms with Crippen LogP contribution >= 0.6 is 11.6 Å². The van der Waals surface area contributed by atoms with Crippen LogP contribution in [0.3, 0.4) is 0 Å². The average molecular weight is 497 g/mol. The van der Waals surface area contributed by atoms with Crippen LogP contribution in [0.1, 0.15) is 11.1 Å². The van der Waals surface area contributed by atoms with E-state index in [0.717, 1.165) is 10.5 Å². The van der Waals surface area contributed by atoms with Crippen molar-refractivity contribution in [1.29, 1.82) is 0 Å². The van der Waals surface area contributed by atoms with Crippen molar-refractivity contribution < 1.29 is 27.0 Å². The van der Waals surface area contributed by atoms with Gasteiger partial charge in [-0.15, -0.1) is 0 Å². The van der Waals surface area contributed by atoms with E-state index in [9.17, 15) is 22.8 Å². The van der Waals surface area contributed by atoms with Crippen molar-refractivity contribution >= 4 is 51.3 Å².